The zero-order chi connectivity index (χ0) is 25.0. The average Bonchev–Trinajstić information content (AvgIpc) is 3.23. The second kappa shape index (κ2) is 10.5. The first-order chi connectivity index (χ1) is 16.7. The van der Waals surface area contributed by atoms with Crippen LogP contribution in [-0.4, -0.2) is 62.7 Å². The molecule has 2 saturated heterocycles. The van der Waals surface area contributed by atoms with Gasteiger partial charge in [0.05, 0.1) is 10.8 Å². The fourth-order valence-corrected chi connectivity index (χ4v) is 5.52. The number of rotatable bonds is 5. The summed E-state index contributed by atoms with van der Waals surface area (Å²) in [5.74, 6) is -0.0835. The largest absolute Gasteiger partial charge is 0.362 e. The number of anilines is 2. The number of carbonyl (C=O) groups is 2. The zero-order valence-electron chi connectivity index (χ0n) is 20.0. The lowest BCUT2D eigenvalue weighted by atomic mass is 9.97. The summed E-state index contributed by atoms with van der Waals surface area (Å²) in [6.07, 6.45) is 2.86. The number of nitrogens with zero attached hydrogens (tertiary/aromatic N) is 3. The third-order valence-electron chi connectivity index (χ3n) is 6.31. The number of benzene rings is 2. The molecule has 2 aromatic carbocycles. The maximum Gasteiger partial charge on any atom is 0.321 e. The third-order valence-corrected chi connectivity index (χ3v) is 7.61. The molecule has 2 aromatic rings. The first-order valence-corrected chi connectivity index (χ1v) is 13.2. The number of sulfonamides is 1. The van der Waals surface area contributed by atoms with Gasteiger partial charge in [-0.05, 0) is 62.1 Å². The number of amidine groups is 1. The van der Waals surface area contributed by atoms with Crippen LogP contribution in [0.15, 0.2) is 57.8 Å². The molecule has 2 fully saturated rings. The van der Waals surface area contributed by atoms with Crippen LogP contribution >= 0.6 is 0 Å². The molecule has 0 spiro atoms. The number of likely N-dealkylation sites (tertiary alicyclic amines) is 2. The van der Waals surface area contributed by atoms with Crippen LogP contribution in [0.2, 0.25) is 0 Å². The minimum Gasteiger partial charge on any atom is -0.362 e. The SMILES string of the molecule is Cc1cccc(NC(=O)N2CCCC(C(=O)Nc3cccc(S(=O)(=O)N=C4CCCN4C)c3)C2)c1. The van der Waals surface area contributed by atoms with Crippen LogP contribution in [0, 0.1) is 12.8 Å². The van der Waals surface area contributed by atoms with Crippen molar-refractivity contribution in [2.75, 3.05) is 37.3 Å². The smallest absolute Gasteiger partial charge is 0.321 e. The Balaban J connectivity index is 1.40. The monoisotopic (exact) mass is 497 g/mol. The quantitative estimate of drug-likeness (QED) is 0.655. The van der Waals surface area contributed by atoms with Crippen molar-refractivity contribution in [3.8, 4) is 0 Å². The Morgan fingerprint density at radius 2 is 1.74 bits per heavy atom. The molecule has 1 atom stereocenters. The van der Waals surface area contributed by atoms with Gasteiger partial charge in [-0.3, -0.25) is 4.79 Å². The molecule has 2 aliphatic rings. The zero-order valence-corrected chi connectivity index (χ0v) is 20.8. The van der Waals surface area contributed by atoms with Crippen molar-refractivity contribution < 1.29 is 18.0 Å². The van der Waals surface area contributed by atoms with Gasteiger partial charge in [0, 0.05) is 44.5 Å². The number of piperidine rings is 1. The van der Waals surface area contributed by atoms with E-state index in [0.717, 1.165) is 18.5 Å². The summed E-state index contributed by atoms with van der Waals surface area (Å²) < 4.78 is 29.6. The van der Waals surface area contributed by atoms with Gasteiger partial charge in [-0.1, -0.05) is 18.2 Å². The number of aryl methyl sites for hydroxylation is 1. The highest BCUT2D eigenvalue weighted by Crippen LogP contribution is 2.23. The molecule has 0 aliphatic carbocycles. The highest BCUT2D eigenvalue weighted by Gasteiger charge is 2.29. The molecule has 2 heterocycles. The Kier molecular flexibility index (Phi) is 7.39. The summed E-state index contributed by atoms with van der Waals surface area (Å²) in [5, 5.41) is 5.71. The van der Waals surface area contributed by atoms with Crippen LogP contribution in [-0.2, 0) is 14.8 Å². The van der Waals surface area contributed by atoms with E-state index in [1.807, 2.05) is 43.1 Å². The molecule has 35 heavy (non-hydrogen) atoms. The average molecular weight is 498 g/mol. The van der Waals surface area contributed by atoms with Gasteiger partial charge < -0.3 is 20.4 Å². The topological polar surface area (TPSA) is 111 Å². The second-order valence-electron chi connectivity index (χ2n) is 9.11. The predicted octanol–water partition coefficient (Wildman–Crippen LogP) is 3.69. The van der Waals surface area contributed by atoms with Crippen LogP contribution in [0.3, 0.4) is 0 Å². The van der Waals surface area contributed by atoms with Crippen LogP contribution in [0.1, 0.15) is 31.2 Å². The van der Waals surface area contributed by atoms with E-state index in [-0.39, 0.29) is 22.8 Å². The van der Waals surface area contributed by atoms with Crippen LogP contribution in [0.25, 0.3) is 0 Å². The fraction of sp³-hybridized carbons (Fsp3) is 0.400. The lowest BCUT2D eigenvalue weighted by Gasteiger charge is -2.32. The van der Waals surface area contributed by atoms with E-state index in [2.05, 4.69) is 15.0 Å². The van der Waals surface area contributed by atoms with Crippen molar-refractivity contribution in [1.29, 1.82) is 0 Å². The molecule has 2 N–H and O–H groups in total. The van der Waals surface area contributed by atoms with E-state index in [9.17, 15) is 18.0 Å². The van der Waals surface area contributed by atoms with Crippen molar-refractivity contribution in [1.82, 2.24) is 9.80 Å². The molecule has 0 bridgehead atoms. The van der Waals surface area contributed by atoms with Crippen molar-refractivity contribution in [3.05, 3.63) is 54.1 Å². The number of amides is 3. The Morgan fingerprint density at radius 3 is 2.46 bits per heavy atom. The van der Waals surface area contributed by atoms with Gasteiger partial charge in [-0.2, -0.15) is 8.42 Å². The van der Waals surface area contributed by atoms with Crippen molar-refractivity contribution in [2.24, 2.45) is 10.3 Å². The Morgan fingerprint density at radius 1 is 1.00 bits per heavy atom. The van der Waals surface area contributed by atoms with Gasteiger partial charge in [0.25, 0.3) is 10.0 Å². The van der Waals surface area contributed by atoms with E-state index in [1.165, 1.54) is 12.1 Å². The molecule has 3 amide bonds. The Hall–Kier alpha value is -3.40. The maximum absolute atomic E-state index is 13.0. The van der Waals surface area contributed by atoms with Gasteiger partial charge >= 0.3 is 6.03 Å². The second-order valence-corrected chi connectivity index (χ2v) is 10.7. The lowest BCUT2D eigenvalue weighted by Crippen LogP contribution is -2.45. The van der Waals surface area contributed by atoms with Crippen LogP contribution < -0.4 is 10.6 Å². The number of nitrogens with one attached hydrogen (secondary N) is 2. The summed E-state index contributed by atoms with van der Waals surface area (Å²) in [6, 6.07) is 13.5. The third kappa shape index (κ3) is 6.19. The highest BCUT2D eigenvalue weighted by molar-refractivity contribution is 7.90. The van der Waals surface area contributed by atoms with Crippen molar-refractivity contribution in [3.63, 3.8) is 0 Å². The minimum absolute atomic E-state index is 0.0332. The number of urea groups is 1. The van der Waals surface area contributed by atoms with E-state index in [1.54, 1.807) is 17.0 Å². The highest BCUT2D eigenvalue weighted by atomic mass is 32.2. The summed E-state index contributed by atoms with van der Waals surface area (Å²) in [7, 11) is -2.05. The van der Waals surface area contributed by atoms with Crippen LogP contribution in [0.4, 0.5) is 16.2 Å². The molecule has 4 rings (SSSR count). The maximum atomic E-state index is 13.0. The summed E-state index contributed by atoms with van der Waals surface area (Å²) >= 11 is 0. The van der Waals surface area contributed by atoms with Gasteiger partial charge in [-0.25, -0.2) is 4.79 Å². The first kappa shape index (κ1) is 24.7. The Labute approximate surface area is 206 Å². The van der Waals surface area contributed by atoms with E-state index in [4.69, 9.17) is 0 Å². The molecule has 0 saturated carbocycles. The van der Waals surface area contributed by atoms with Gasteiger partial charge in [0.2, 0.25) is 5.91 Å². The molecule has 0 aromatic heterocycles. The Bertz CT molecular complexity index is 1240. The normalized spacial score (nSPS) is 19.6. The molecule has 0 radical (unpaired) electrons. The standard InChI is InChI=1S/C25H31N5O4S/c1-18-7-3-9-20(15-18)27-25(32)30-14-5-8-19(17-30)24(31)26-21-10-4-11-22(16-21)35(33,34)28-23-12-6-13-29(23)2/h3-4,7,9-11,15-16,19H,5-6,8,12-14,17H2,1-2H3,(H,26,31)(H,27,32). The van der Waals surface area contributed by atoms with Crippen molar-refractivity contribution >= 4 is 39.2 Å². The summed E-state index contributed by atoms with van der Waals surface area (Å²) in [5.41, 5.74) is 2.15. The van der Waals surface area contributed by atoms with E-state index < -0.39 is 10.0 Å². The number of hydrogen-bond donors (Lipinski definition) is 2. The predicted molar refractivity (Wildman–Crippen MR) is 136 cm³/mol. The van der Waals surface area contributed by atoms with Gasteiger partial charge in [0.1, 0.15) is 5.84 Å². The fourth-order valence-electron chi connectivity index (χ4n) is 4.38. The molecule has 1 unspecified atom stereocenters. The van der Waals surface area contributed by atoms with E-state index >= 15 is 0 Å². The van der Waals surface area contributed by atoms with Gasteiger partial charge in [-0.15, -0.1) is 4.40 Å². The summed E-state index contributed by atoms with van der Waals surface area (Å²) in [4.78, 5) is 29.2. The summed E-state index contributed by atoms with van der Waals surface area (Å²) in [6.45, 7) is 3.61. The van der Waals surface area contributed by atoms with Crippen LogP contribution in [0.5, 0.6) is 0 Å². The molecular weight excluding hydrogens is 466 g/mol. The van der Waals surface area contributed by atoms with Crippen molar-refractivity contribution in [2.45, 2.75) is 37.5 Å². The minimum atomic E-state index is -3.88. The first-order valence-electron chi connectivity index (χ1n) is 11.8. The molecule has 10 heteroatoms. The molecule has 186 valence electrons. The van der Waals surface area contributed by atoms with E-state index in [0.29, 0.717) is 49.6 Å². The lowest BCUT2D eigenvalue weighted by molar-refractivity contribution is -0.121. The number of carbonyl (C=O) groups excluding carboxylic acids is 2. The number of hydrogen-bond acceptors (Lipinski definition) is 4. The molecule has 9 nitrogen and oxygen atoms in total. The van der Waals surface area contributed by atoms with Gasteiger partial charge in [0.15, 0.2) is 0 Å². The molecular formula is C25H31N5O4S. The molecule has 2 aliphatic heterocycles.